The molecule has 8 nitrogen and oxygen atoms in total. The molecule has 160 valence electrons. The minimum Gasteiger partial charge on any atom is -0.493 e. The van der Waals surface area contributed by atoms with Crippen molar-refractivity contribution in [2.24, 2.45) is 7.05 Å². The molecule has 0 unspecified atom stereocenters. The maximum atomic E-state index is 12.0. The summed E-state index contributed by atoms with van der Waals surface area (Å²) in [7, 11) is 8.49. The Morgan fingerprint density at radius 1 is 1.14 bits per heavy atom. The molecule has 0 aliphatic carbocycles. The minimum absolute atomic E-state index is 0.228. The predicted octanol–water partition coefficient (Wildman–Crippen LogP) is 2.44. The van der Waals surface area contributed by atoms with Crippen LogP contribution in [0.1, 0.15) is 12.0 Å². The zero-order valence-corrected chi connectivity index (χ0v) is 18.4. The number of benzene rings is 1. The summed E-state index contributed by atoms with van der Waals surface area (Å²) in [5, 5.41) is 7.33. The second-order valence-corrected chi connectivity index (χ2v) is 7.07. The van der Waals surface area contributed by atoms with Gasteiger partial charge >= 0.3 is 0 Å². The molecular formula is C20H29ClN4O4. The Morgan fingerprint density at radius 2 is 1.79 bits per heavy atom. The lowest BCUT2D eigenvalue weighted by Crippen LogP contribution is -2.26. The first-order chi connectivity index (χ1) is 13.9. The van der Waals surface area contributed by atoms with Gasteiger partial charge in [0.25, 0.3) is 5.56 Å². The summed E-state index contributed by atoms with van der Waals surface area (Å²) in [6.45, 7) is 2.39. The van der Waals surface area contributed by atoms with E-state index in [9.17, 15) is 4.79 Å². The summed E-state index contributed by atoms with van der Waals surface area (Å²) in [6, 6.07) is 3.94. The van der Waals surface area contributed by atoms with Crippen LogP contribution in [0.2, 0.25) is 5.02 Å². The van der Waals surface area contributed by atoms with E-state index in [1.165, 1.54) is 10.9 Å². The number of halogens is 1. The number of aromatic nitrogens is 2. The van der Waals surface area contributed by atoms with Crippen LogP contribution in [0.4, 0.5) is 5.69 Å². The van der Waals surface area contributed by atoms with Gasteiger partial charge in [0, 0.05) is 20.1 Å². The van der Waals surface area contributed by atoms with Crippen LogP contribution in [-0.2, 0) is 13.5 Å². The monoisotopic (exact) mass is 424 g/mol. The van der Waals surface area contributed by atoms with E-state index >= 15 is 0 Å². The summed E-state index contributed by atoms with van der Waals surface area (Å²) in [6.07, 6.45) is 3.18. The number of hydrogen-bond donors (Lipinski definition) is 1. The van der Waals surface area contributed by atoms with Gasteiger partial charge in [-0.2, -0.15) is 5.10 Å². The molecule has 0 spiro atoms. The topological polar surface area (TPSA) is 77.9 Å². The van der Waals surface area contributed by atoms with Crippen LogP contribution in [0, 0.1) is 0 Å². The summed E-state index contributed by atoms with van der Waals surface area (Å²) in [4.78, 5) is 14.3. The molecule has 0 bridgehead atoms. The standard InChI is InChI=1S/C20H29ClN4O4/c1-24(9-6-8-22-18-15(21)13-23-25(2)20(18)26)10-7-14-11-16(27-3)19(29-5)17(12-14)28-4/h11-13,22H,6-10H2,1-5H3. The fraction of sp³-hybridized carbons (Fsp3) is 0.500. The fourth-order valence-corrected chi connectivity index (χ4v) is 3.14. The van der Waals surface area contributed by atoms with Gasteiger partial charge < -0.3 is 24.4 Å². The molecule has 1 aromatic carbocycles. The molecule has 1 heterocycles. The van der Waals surface area contributed by atoms with Crippen molar-refractivity contribution in [2.75, 3.05) is 53.3 Å². The highest BCUT2D eigenvalue weighted by molar-refractivity contribution is 6.32. The Bertz CT molecular complexity index is 847. The van der Waals surface area contributed by atoms with Gasteiger partial charge in [-0.1, -0.05) is 11.6 Å². The molecule has 0 fully saturated rings. The summed E-state index contributed by atoms with van der Waals surface area (Å²) in [5.41, 5.74) is 1.27. The Hall–Kier alpha value is -2.45. The maximum Gasteiger partial charge on any atom is 0.291 e. The van der Waals surface area contributed by atoms with Gasteiger partial charge in [0.05, 0.1) is 32.5 Å². The van der Waals surface area contributed by atoms with Crippen LogP contribution in [0.15, 0.2) is 23.1 Å². The molecule has 0 saturated carbocycles. The van der Waals surface area contributed by atoms with E-state index in [0.717, 1.165) is 31.5 Å². The van der Waals surface area contributed by atoms with Gasteiger partial charge in [-0.05, 0) is 44.1 Å². The third-order valence-electron chi connectivity index (χ3n) is 4.62. The summed E-state index contributed by atoms with van der Waals surface area (Å²) in [5.74, 6) is 1.91. The van der Waals surface area contributed by atoms with E-state index in [-0.39, 0.29) is 5.56 Å². The van der Waals surface area contributed by atoms with E-state index in [2.05, 4.69) is 22.4 Å². The van der Waals surface area contributed by atoms with Gasteiger partial charge in [0.2, 0.25) is 5.75 Å². The Morgan fingerprint density at radius 3 is 2.38 bits per heavy atom. The average molecular weight is 425 g/mol. The largest absolute Gasteiger partial charge is 0.493 e. The molecule has 0 amide bonds. The lowest BCUT2D eigenvalue weighted by Gasteiger charge is -2.18. The van der Waals surface area contributed by atoms with Crippen LogP contribution >= 0.6 is 11.6 Å². The molecular weight excluding hydrogens is 396 g/mol. The van der Waals surface area contributed by atoms with Crippen molar-refractivity contribution in [3.63, 3.8) is 0 Å². The first kappa shape index (κ1) is 22.8. The van der Waals surface area contributed by atoms with Gasteiger partial charge in [-0.15, -0.1) is 0 Å². The molecule has 9 heteroatoms. The van der Waals surface area contributed by atoms with Crippen molar-refractivity contribution >= 4 is 17.3 Å². The predicted molar refractivity (Wildman–Crippen MR) is 115 cm³/mol. The van der Waals surface area contributed by atoms with E-state index in [4.69, 9.17) is 25.8 Å². The van der Waals surface area contributed by atoms with Crippen molar-refractivity contribution in [3.05, 3.63) is 39.3 Å². The van der Waals surface area contributed by atoms with Crippen molar-refractivity contribution in [2.45, 2.75) is 12.8 Å². The van der Waals surface area contributed by atoms with Crippen LogP contribution in [-0.4, -0.2) is 62.7 Å². The number of ether oxygens (including phenoxy) is 3. The van der Waals surface area contributed by atoms with E-state index in [1.54, 1.807) is 28.4 Å². The summed E-state index contributed by atoms with van der Waals surface area (Å²) < 4.78 is 17.4. The lowest BCUT2D eigenvalue weighted by atomic mass is 10.1. The summed E-state index contributed by atoms with van der Waals surface area (Å²) >= 11 is 6.05. The van der Waals surface area contributed by atoms with Gasteiger partial charge in [0.15, 0.2) is 11.5 Å². The number of likely N-dealkylation sites (N-methyl/N-ethyl adjacent to an activating group) is 1. The minimum atomic E-state index is -0.228. The number of rotatable bonds is 11. The molecule has 1 N–H and O–H groups in total. The highest BCUT2D eigenvalue weighted by Crippen LogP contribution is 2.38. The molecule has 0 radical (unpaired) electrons. The van der Waals surface area contributed by atoms with Gasteiger partial charge in [-0.3, -0.25) is 4.79 Å². The van der Waals surface area contributed by atoms with Gasteiger partial charge in [-0.25, -0.2) is 4.68 Å². The van der Waals surface area contributed by atoms with Crippen LogP contribution in [0.25, 0.3) is 0 Å². The highest BCUT2D eigenvalue weighted by atomic mass is 35.5. The van der Waals surface area contributed by atoms with Gasteiger partial charge in [0.1, 0.15) is 5.69 Å². The molecule has 2 rings (SSSR count). The van der Waals surface area contributed by atoms with Crippen LogP contribution in [0.3, 0.4) is 0 Å². The van der Waals surface area contributed by atoms with Crippen molar-refractivity contribution < 1.29 is 14.2 Å². The zero-order chi connectivity index (χ0) is 21.4. The smallest absolute Gasteiger partial charge is 0.291 e. The SMILES string of the molecule is COc1cc(CCN(C)CCCNc2c(Cl)cnn(C)c2=O)cc(OC)c1OC. The number of aryl methyl sites for hydroxylation is 1. The van der Waals surface area contributed by atoms with Crippen molar-refractivity contribution in [1.29, 1.82) is 0 Å². The second-order valence-electron chi connectivity index (χ2n) is 6.66. The molecule has 0 aliphatic rings. The fourth-order valence-electron chi connectivity index (χ4n) is 2.95. The third-order valence-corrected chi connectivity index (χ3v) is 4.90. The molecule has 0 saturated heterocycles. The van der Waals surface area contributed by atoms with E-state index < -0.39 is 0 Å². The first-order valence-electron chi connectivity index (χ1n) is 9.34. The third kappa shape index (κ3) is 6.01. The molecule has 29 heavy (non-hydrogen) atoms. The average Bonchev–Trinajstić information content (AvgIpc) is 2.73. The molecule has 2 aromatic rings. The zero-order valence-electron chi connectivity index (χ0n) is 17.6. The van der Waals surface area contributed by atoms with Crippen molar-refractivity contribution in [3.8, 4) is 17.2 Å². The number of nitrogens with zero attached hydrogens (tertiary/aromatic N) is 3. The van der Waals surface area contributed by atoms with E-state index in [0.29, 0.717) is 34.5 Å². The Labute approximate surface area is 176 Å². The van der Waals surface area contributed by atoms with E-state index in [1.807, 2.05) is 12.1 Å². The quantitative estimate of drug-likeness (QED) is 0.555. The normalized spacial score (nSPS) is 10.9. The second kappa shape index (κ2) is 10.9. The van der Waals surface area contributed by atoms with Crippen molar-refractivity contribution in [1.82, 2.24) is 14.7 Å². The first-order valence-corrected chi connectivity index (χ1v) is 9.72. The molecule has 0 aliphatic heterocycles. The molecule has 0 atom stereocenters. The Balaban J connectivity index is 1.84. The maximum absolute atomic E-state index is 12.0. The lowest BCUT2D eigenvalue weighted by molar-refractivity contribution is 0.321. The van der Waals surface area contributed by atoms with Crippen LogP contribution < -0.4 is 25.1 Å². The Kier molecular flexibility index (Phi) is 8.60. The number of hydrogen-bond acceptors (Lipinski definition) is 7. The number of nitrogens with one attached hydrogen (secondary N) is 1. The molecule has 1 aromatic heterocycles. The number of anilines is 1. The number of methoxy groups -OCH3 is 3. The highest BCUT2D eigenvalue weighted by Gasteiger charge is 2.13. The van der Waals surface area contributed by atoms with Crippen LogP contribution in [0.5, 0.6) is 17.2 Å².